The maximum atomic E-state index is 14.4. The quantitative estimate of drug-likeness (QED) is 0.644. The molecule has 0 bridgehead atoms. The van der Waals surface area contributed by atoms with E-state index >= 15 is 0 Å². The van der Waals surface area contributed by atoms with Gasteiger partial charge in [0.2, 0.25) is 5.91 Å². The monoisotopic (exact) mass is 507 g/mol. The first-order chi connectivity index (χ1) is 17.9. The minimum atomic E-state index is -0.441. The lowest BCUT2D eigenvalue weighted by molar-refractivity contribution is -0.133. The summed E-state index contributed by atoms with van der Waals surface area (Å²) in [6.45, 7) is 9.09. The number of anilines is 3. The van der Waals surface area contributed by atoms with Crippen molar-refractivity contribution in [3.8, 4) is 0 Å². The second kappa shape index (κ2) is 10.4. The zero-order valence-electron chi connectivity index (χ0n) is 21.6. The molecule has 1 fully saturated rings. The van der Waals surface area contributed by atoms with E-state index in [1.165, 1.54) is 18.5 Å². The van der Waals surface area contributed by atoms with E-state index in [-0.39, 0.29) is 29.9 Å². The Labute approximate surface area is 217 Å². The van der Waals surface area contributed by atoms with Gasteiger partial charge in [-0.05, 0) is 64.1 Å². The van der Waals surface area contributed by atoms with Crippen LogP contribution in [0, 0.1) is 5.82 Å². The Hall–Kier alpha value is -3.69. The highest BCUT2D eigenvalue weighted by molar-refractivity contribution is 6.01. The smallest absolute Gasteiger partial charge is 0.256 e. The fourth-order valence-electron chi connectivity index (χ4n) is 5.52. The number of nitrogens with zero attached hydrogens (tertiary/aromatic N) is 6. The average Bonchev–Trinajstić information content (AvgIpc) is 2.87. The topological polar surface area (TPSA) is 84.9 Å². The zero-order valence-corrected chi connectivity index (χ0v) is 21.6. The van der Waals surface area contributed by atoms with Crippen LogP contribution in [0.15, 0.2) is 43.0 Å². The van der Waals surface area contributed by atoms with Gasteiger partial charge in [-0.3, -0.25) is 9.59 Å². The maximum Gasteiger partial charge on any atom is 0.256 e. The number of rotatable bonds is 6. The number of likely N-dealkylation sites (tertiary alicyclic amines) is 1. The minimum absolute atomic E-state index is 0.00470. The van der Waals surface area contributed by atoms with Crippen molar-refractivity contribution < 1.29 is 14.0 Å². The summed E-state index contributed by atoms with van der Waals surface area (Å²) in [4.78, 5) is 43.0. The van der Waals surface area contributed by atoms with Gasteiger partial charge in [0, 0.05) is 44.8 Å². The van der Waals surface area contributed by atoms with Gasteiger partial charge in [-0.1, -0.05) is 0 Å². The highest BCUT2D eigenvalue weighted by Crippen LogP contribution is 2.39. The molecule has 1 aromatic carbocycles. The third-order valence-corrected chi connectivity index (χ3v) is 7.55. The van der Waals surface area contributed by atoms with Crippen LogP contribution in [0.3, 0.4) is 0 Å². The summed E-state index contributed by atoms with van der Waals surface area (Å²) < 4.78 is 14.4. The SMILES string of the molecule is CCN(C(=O)c1cc(F)ccc1N1CCN(C2CCN(C(=O)C3C=CN3)CC2)c2ncncc21)C(C)C. The molecule has 1 saturated heterocycles. The summed E-state index contributed by atoms with van der Waals surface area (Å²) in [6, 6.07) is 4.45. The molecule has 0 saturated carbocycles. The van der Waals surface area contributed by atoms with Crippen molar-refractivity contribution >= 4 is 29.0 Å². The van der Waals surface area contributed by atoms with E-state index in [0.29, 0.717) is 44.0 Å². The van der Waals surface area contributed by atoms with Crippen LogP contribution in [0.5, 0.6) is 0 Å². The second-order valence-electron chi connectivity index (χ2n) is 9.98. The largest absolute Gasteiger partial charge is 0.377 e. The van der Waals surface area contributed by atoms with Gasteiger partial charge in [0.1, 0.15) is 23.9 Å². The molecule has 10 heteroatoms. The first kappa shape index (κ1) is 25.0. The van der Waals surface area contributed by atoms with Crippen molar-refractivity contribution in [1.82, 2.24) is 25.1 Å². The lowest BCUT2D eigenvalue weighted by atomic mass is 10.00. The van der Waals surface area contributed by atoms with Crippen molar-refractivity contribution in [2.45, 2.75) is 51.7 Å². The van der Waals surface area contributed by atoms with E-state index in [0.717, 1.165) is 24.3 Å². The number of amides is 2. The third-order valence-electron chi connectivity index (χ3n) is 7.55. The molecule has 0 spiro atoms. The Bertz CT molecular complexity index is 1200. The molecule has 1 unspecified atom stereocenters. The van der Waals surface area contributed by atoms with Crippen LogP contribution >= 0.6 is 0 Å². The molecule has 2 aromatic rings. The Morgan fingerprint density at radius 1 is 1.16 bits per heavy atom. The summed E-state index contributed by atoms with van der Waals surface area (Å²) in [7, 11) is 0. The van der Waals surface area contributed by atoms with E-state index in [4.69, 9.17) is 0 Å². The highest BCUT2D eigenvalue weighted by atomic mass is 19.1. The molecule has 9 nitrogen and oxygen atoms in total. The van der Waals surface area contributed by atoms with Gasteiger partial charge < -0.3 is 24.9 Å². The number of carbonyl (C=O) groups excluding carboxylic acids is 2. The van der Waals surface area contributed by atoms with Crippen LogP contribution < -0.4 is 15.1 Å². The molecule has 3 aliphatic rings. The second-order valence-corrected chi connectivity index (χ2v) is 9.98. The number of hydrogen-bond acceptors (Lipinski definition) is 7. The third kappa shape index (κ3) is 4.72. The van der Waals surface area contributed by atoms with Crippen LogP contribution in [0.1, 0.15) is 44.0 Å². The predicted molar refractivity (Wildman–Crippen MR) is 140 cm³/mol. The Morgan fingerprint density at radius 3 is 2.57 bits per heavy atom. The molecule has 4 heterocycles. The molecular weight excluding hydrogens is 473 g/mol. The summed E-state index contributed by atoms with van der Waals surface area (Å²) in [5, 5.41) is 3.03. The van der Waals surface area contributed by atoms with Crippen molar-refractivity contribution in [2.75, 3.05) is 42.5 Å². The Morgan fingerprint density at radius 2 is 1.92 bits per heavy atom. The number of carbonyl (C=O) groups is 2. The molecule has 5 rings (SSSR count). The first-order valence-electron chi connectivity index (χ1n) is 13.0. The molecule has 3 aliphatic heterocycles. The molecule has 196 valence electrons. The molecule has 1 aromatic heterocycles. The van der Waals surface area contributed by atoms with Crippen molar-refractivity contribution in [3.05, 3.63) is 54.4 Å². The number of hydrogen-bond donors (Lipinski definition) is 1. The van der Waals surface area contributed by atoms with E-state index in [9.17, 15) is 14.0 Å². The van der Waals surface area contributed by atoms with Gasteiger partial charge >= 0.3 is 0 Å². The molecule has 0 radical (unpaired) electrons. The molecule has 37 heavy (non-hydrogen) atoms. The number of aromatic nitrogens is 2. The maximum absolute atomic E-state index is 14.4. The normalized spacial score (nSPS) is 19.4. The number of fused-ring (bicyclic) bond motifs is 1. The molecule has 1 atom stereocenters. The lowest BCUT2D eigenvalue weighted by Crippen LogP contribution is -2.54. The van der Waals surface area contributed by atoms with Crippen LogP contribution in [0.4, 0.5) is 21.6 Å². The van der Waals surface area contributed by atoms with Gasteiger partial charge in [0.25, 0.3) is 5.91 Å². The zero-order chi connectivity index (χ0) is 26.1. The number of piperidine rings is 1. The van der Waals surface area contributed by atoms with E-state index in [1.807, 2.05) is 36.6 Å². The Kier molecular flexibility index (Phi) is 6.99. The van der Waals surface area contributed by atoms with Gasteiger partial charge in [-0.15, -0.1) is 0 Å². The van der Waals surface area contributed by atoms with E-state index in [1.54, 1.807) is 23.4 Å². The van der Waals surface area contributed by atoms with Gasteiger partial charge in [0.15, 0.2) is 5.82 Å². The molecular formula is C27H34FN7O2. The highest BCUT2D eigenvalue weighted by Gasteiger charge is 2.35. The van der Waals surface area contributed by atoms with Crippen LogP contribution in [-0.2, 0) is 4.79 Å². The Balaban J connectivity index is 1.40. The van der Waals surface area contributed by atoms with Crippen molar-refractivity contribution in [3.63, 3.8) is 0 Å². The lowest BCUT2D eigenvalue weighted by Gasteiger charge is -2.45. The minimum Gasteiger partial charge on any atom is -0.377 e. The van der Waals surface area contributed by atoms with Crippen LogP contribution in [-0.4, -0.2) is 82.4 Å². The van der Waals surface area contributed by atoms with Crippen LogP contribution in [0.2, 0.25) is 0 Å². The number of nitrogens with one attached hydrogen (secondary N) is 1. The molecule has 0 aliphatic carbocycles. The van der Waals surface area contributed by atoms with Crippen molar-refractivity contribution in [1.29, 1.82) is 0 Å². The average molecular weight is 508 g/mol. The number of halogens is 1. The molecule has 2 amide bonds. The van der Waals surface area contributed by atoms with Gasteiger partial charge in [-0.2, -0.15) is 0 Å². The fourth-order valence-corrected chi connectivity index (χ4v) is 5.52. The summed E-state index contributed by atoms with van der Waals surface area (Å²) >= 11 is 0. The fraction of sp³-hybridized carbons (Fsp3) is 0.481. The van der Waals surface area contributed by atoms with Gasteiger partial charge in [-0.25, -0.2) is 14.4 Å². The van der Waals surface area contributed by atoms with Crippen LogP contribution in [0.25, 0.3) is 0 Å². The summed E-state index contributed by atoms with van der Waals surface area (Å²) in [6.07, 6.45) is 8.69. The first-order valence-corrected chi connectivity index (χ1v) is 13.0. The van der Waals surface area contributed by atoms with E-state index in [2.05, 4.69) is 20.2 Å². The summed E-state index contributed by atoms with van der Waals surface area (Å²) in [5.41, 5.74) is 1.79. The predicted octanol–water partition coefficient (Wildman–Crippen LogP) is 2.92. The van der Waals surface area contributed by atoms with Crippen molar-refractivity contribution in [2.24, 2.45) is 0 Å². The molecule has 1 N–H and O–H groups in total. The summed E-state index contributed by atoms with van der Waals surface area (Å²) in [5.74, 6) is 0.294. The van der Waals surface area contributed by atoms with Gasteiger partial charge in [0.05, 0.1) is 17.4 Å². The standard InChI is InChI=1S/C27H34FN7O2/c1-4-33(18(2)3)26(36)21-15-19(28)5-6-23(21)35-14-13-34(25-24(35)16-29-17-31-25)20-8-11-32(12-9-20)27(37)22-7-10-30-22/h5-7,10,15-18,20,22,30H,4,8-9,11-14H2,1-3H3. The number of benzene rings is 1. The van der Waals surface area contributed by atoms with E-state index < -0.39 is 5.82 Å².